The highest BCUT2D eigenvalue weighted by Gasteiger charge is 2.43. The van der Waals surface area contributed by atoms with Gasteiger partial charge in [-0.05, 0) is 19.3 Å². The van der Waals surface area contributed by atoms with E-state index >= 15 is 0 Å². The van der Waals surface area contributed by atoms with Gasteiger partial charge in [0.1, 0.15) is 0 Å². The van der Waals surface area contributed by atoms with Crippen LogP contribution in [0.3, 0.4) is 0 Å². The maximum Gasteiger partial charge on any atom is 0.350 e. The summed E-state index contributed by atoms with van der Waals surface area (Å²) in [5, 5.41) is 0. The van der Waals surface area contributed by atoms with Gasteiger partial charge in [-0.2, -0.15) is 13.1 Å². The molecule has 0 aliphatic rings. The molecule has 0 heterocycles. The van der Waals surface area contributed by atoms with Gasteiger partial charge in [0.15, 0.2) is 0 Å². The van der Waals surface area contributed by atoms with Crippen molar-refractivity contribution in [2.45, 2.75) is 51.3 Å². The highest BCUT2D eigenvalue weighted by Crippen LogP contribution is 2.29. The Bertz CT molecular complexity index is 308. The van der Waals surface area contributed by atoms with Crippen molar-refractivity contribution in [3.63, 3.8) is 0 Å². The average molecular weight is 272 g/mol. The lowest BCUT2D eigenvalue weighted by molar-refractivity contribution is 0.151. The first kappa shape index (κ1) is 16.7. The molecule has 0 atom stereocenters. The minimum Gasteiger partial charge on any atom is -0.329 e. The zero-order chi connectivity index (χ0) is 13.7. The topological polar surface area (TPSA) is 63.4 Å². The van der Waals surface area contributed by atoms with E-state index in [4.69, 9.17) is 5.73 Å². The van der Waals surface area contributed by atoms with Crippen molar-refractivity contribution in [1.29, 1.82) is 0 Å². The van der Waals surface area contributed by atoms with Crippen LogP contribution in [0.1, 0.15) is 40.0 Å². The summed E-state index contributed by atoms with van der Waals surface area (Å²) in [5.74, 6) is -3.39. The molecule has 7 heteroatoms. The molecule has 0 fully saturated rings. The van der Waals surface area contributed by atoms with Crippen molar-refractivity contribution in [3.8, 4) is 0 Å². The van der Waals surface area contributed by atoms with E-state index in [2.05, 4.69) is 0 Å². The van der Waals surface area contributed by atoms with Crippen molar-refractivity contribution in [3.05, 3.63) is 0 Å². The number of alkyl halides is 2. The first-order valence-electron chi connectivity index (χ1n) is 5.82. The van der Waals surface area contributed by atoms with Crippen LogP contribution >= 0.6 is 0 Å². The third-order valence-corrected chi connectivity index (χ3v) is 4.82. The molecule has 0 amide bonds. The van der Waals surface area contributed by atoms with Crippen LogP contribution in [0.5, 0.6) is 0 Å². The van der Waals surface area contributed by atoms with E-state index in [9.17, 15) is 17.2 Å². The van der Waals surface area contributed by atoms with Gasteiger partial charge in [0.25, 0.3) is 10.0 Å². The Morgan fingerprint density at radius 1 is 1.24 bits per heavy atom. The molecule has 0 aliphatic heterocycles. The number of nitrogens with zero attached hydrogens (tertiary/aromatic N) is 1. The van der Waals surface area contributed by atoms with E-state index in [1.807, 2.05) is 0 Å². The lowest BCUT2D eigenvalue weighted by atomic mass is 9.93. The summed E-state index contributed by atoms with van der Waals surface area (Å²) < 4.78 is 49.5. The highest BCUT2D eigenvalue weighted by atomic mass is 32.2. The predicted octanol–water partition coefficient (Wildman–Crippen LogP) is 1.77. The van der Waals surface area contributed by atoms with Gasteiger partial charge < -0.3 is 5.73 Å². The summed E-state index contributed by atoms with van der Waals surface area (Å²) in [6.07, 6.45) is 1.33. The number of rotatable bonds is 8. The standard InChI is InChI=1S/C10H22F2N2O2S/c1-4-7-14(17(15,16)9(11)12)10(5-2,6-3)8-13/h9H,4-8,13H2,1-3H3. The van der Waals surface area contributed by atoms with Gasteiger partial charge in [-0.15, -0.1) is 0 Å². The summed E-state index contributed by atoms with van der Waals surface area (Å²) in [7, 11) is -4.58. The van der Waals surface area contributed by atoms with Crippen molar-refractivity contribution in [2.24, 2.45) is 5.73 Å². The molecule has 4 nitrogen and oxygen atoms in total. The first-order valence-corrected chi connectivity index (χ1v) is 7.32. The minimum atomic E-state index is -4.58. The molecule has 17 heavy (non-hydrogen) atoms. The summed E-state index contributed by atoms with van der Waals surface area (Å²) in [6.45, 7) is 5.40. The van der Waals surface area contributed by atoms with Crippen molar-refractivity contribution in [1.82, 2.24) is 4.31 Å². The van der Waals surface area contributed by atoms with Crippen molar-refractivity contribution in [2.75, 3.05) is 13.1 Å². The third kappa shape index (κ3) is 3.35. The quantitative estimate of drug-likeness (QED) is 0.732. The molecular weight excluding hydrogens is 250 g/mol. The summed E-state index contributed by atoms with van der Waals surface area (Å²) in [6, 6.07) is 0. The molecular formula is C10H22F2N2O2S. The Labute approximate surface area is 102 Å². The monoisotopic (exact) mass is 272 g/mol. The summed E-state index contributed by atoms with van der Waals surface area (Å²) in [4.78, 5) is 0. The zero-order valence-corrected chi connectivity index (χ0v) is 11.4. The van der Waals surface area contributed by atoms with Gasteiger partial charge in [0.2, 0.25) is 0 Å². The largest absolute Gasteiger partial charge is 0.350 e. The lowest BCUT2D eigenvalue weighted by Crippen LogP contribution is -2.57. The average Bonchev–Trinajstić information content (AvgIpc) is 2.30. The maximum atomic E-state index is 12.7. The first-order chi connectivity index (χ1) is 7.82. The molecule has 0 aromatic heterocycles. The molecule has 0 saturated carbocycles. The van der Waals surface area contributed by atoms with Crippen molar-refractivity contribution >= 4 is 10.0 Å². The van der Waals surface area contributed by atoms with Crippen LogP contribution in [0.4, 0.5) is 8.78 Å². The molecule has 0 saturated heterocycles. The van der Waals surface area contributed by atoms with E-state index in [0.29, 0.717) is 19.3 Å². The van der Waals surface area contributed by atoms with Crippen LogP contribution in [0, 0.1) is 0 Å². The number of hydrogen-bond donors (Lipinski definition) is 1. The van der Waals surface area contributed by atoms with Crippen LogP contribution in [0.2, 0.25) is 0 Å². The molecule has 0 spiro atoms. The smallest absolute Gasteiger partial charge is 0.329 e. The fourth-order valence-corrected chi connectivity index (χ4v) is 3.43. The second-order valence-corrected chi connectivity index (χ2v) is 5.84. The van der Waals surface area contributed by atoms with Gasteiger partial charge in [-0.1, -0.05) is 20.8 Å². The number of nitrogens with two attached hydrogens (primary N) is 1. The molecule has 0 radical (unpaired) electrons. The molecule has 0 aliphatic carbocycles. The van der Waals surface area contributed by atoms with E-state index < -0.39 is 21.3 Å². The van der Waals surface area contributed by atoms with Gasteiger partial charge >= 0.3 is 5.76 Å². The predicted molar refractivity (Wildman–Crippen MR) is 64.3 cm³/mol. The molecule has 0 unspecified atom stereocenters. The van der Waals surface area contributed by atoms with Gasteiger partial charge in [0, 0.05) is 18.6 Å². The number of sulfonamides is 1. The molecule has 104 valence electrons. The summed E-state index contributed by atoms with van der Waals surface area (Å²) >= 11 is 0. The fraction of sp³-hybridized carbons (Fsp3) is 1.00. The van der Waals surface area contributed by atoms with Crippen LogP contribution in [0.15, 0.2) is 0 Å². The molecule has 2 N–H and O–H groups in total. The SMILES string of the molecule is CCCN(C(CC)(CC)CN)S(=O)(=O)C(F)F. The van der Waals surface area contributed by atoms with Crippen LogP contribution in [-0.4, -0.2) is 37.1 Å². The Balaban J connectivity index is 5.49. The van der Waals surface area contributed by atoms with Crippen LogP contribution in [0.25, 0.3) is 0 Å². The fourth-order valence-electron chi connectivity index (χ4n) is 1.93. The van der Waals surface area contributed by atoms with E-state index in [0.717, 1.165) is 4.31 Å². The molecule has 0 aromatic rings. The normalized spacial score (nSPS) is 13.6. The molecule has 0 bridgehead atoms. The Morgan fingerprint density at radius 2 is 1.71 bits per heavy atom. The van der Waals surface area contributed by atoms with Crippen LogP contribution in [-0.2, 0) is 10.0 Å². The highest BCUT2D eigenvalue weighted by molar-refractivity contribution is 7.89. The number of halogens is 2. The molecule has 0 aromatic carbocycles. The third-order valence-electron chi connectivity index (χ3n) is 3.18. The minimum absolute atomic E-state index is 0.0476. The number of hydrogen-bond acceptors (Lipinski definition) is 3. The van der Waals surface area contributed by atoms with Gasteiger partial charge in [0.05, 0.1) is 0 Å². The van der Waals surface area contributed by atoms with Crippen LogP contribution < -0.4 is 5.73 Å². The maximum absolute atomic E-state index is 12.7. The van der Waals surface area contributed by atoms with Gasteiger partial charge in [-0.3, -0.25) is 0 Å². The van der Waals surface area contributed by atoms with Crippen molar-refractivity contribution < 1.29 is 17.2 Å². The second kappa shape index (κ2) is 6.61. The van der Waals surface area contributed by atoms with Gasteiger partial charge in [-0.25, -0.2) is 8.42 Å². The zero-order valence-electron chi connectivity index (χ0n) is 10.6. The lowest BCUT2D eigenvalue weighted by Gasteiger charge is -2.40. The Morgan fingerprint density at radius 3 is 1.94 bits per heavy atom. The van der Waals surface area contributed by atoms with E-state index in [1.54, 1.807) is 20.8 Å². The molecule has 0 rings (SSSR count). The van der Waals surface area contributed by atoms with E-state index in [-0.39, 0.29) is 13.1 Å². The van der Waals surface area contributed by atoms with E-state index in [1.165, 1.54) is 0 Å². The Kier molecular flexibility index (Phi) is 6.50. The summed E-state index contributed by atoms with van der Waals surface area (Å²) in [5.41, 5.74) is 4.71. The second-order valence-electron chi connectivity index (χ2n) is 4.01. The Hall–Kier alpha value is -0.270.